The summed E-state index contributed by atoms with van der Waals surface area (Å²) in [6.07, 6.45) is -4.14. The van der Waals surface area contributed by atoms with Crippen LogP contribution in [0.4, 0.5) is 5.82 Å². The fourth-order valence-electron chi connectivity index (χ4n) is 3.38. The summed E-state index contributed by atoms with van der Waals surface area (Å²) < 4.78 is 24.0. The lowest BCUT2D eigenvalue weighted by Gasteiger charge is -2.26. The Morgan fingerprint density at radius 3 is 2.59 bits per heavy atom. The van der Waals surface area contributed by atoms with Gasteiger partial charge in [-0.05, 0) is 25.4 Å². The van der Waals surface area contributed by atoms with Crippen LogP contribution in [0, 0.1) is 0 Å². The van der Waals surface area contributed by atoms with Crippen molar-refractivity contribution in [3.63, 3.8) is 0 Å². The average molecular weight is 495 g/mol. The fourth-order valence-corrected chi connectivity index (χ4v) is 4.29. The van der Waals surface area contributed by atoms with Gasteiger partial charge in [-0.3, -0.25) is 13.9 Å². The van der Waals surface area contributed by atoms with Crippen LogP contribution < -0.4 is 5.73 Å². The molecule has 0 spiro atoms. The molecule has 16 heteroatoms. The Balaban J connectivity index is 1.79. The minimum absolute atomic E-state index is 0.00562. The molecule has 0 aliphatic carbocycles. The second-order valence-corrected chi connectivity index (χ2v) is 9.02. The summed E-state index contributed by atoms with van der Waals surface area (Å²) in [4.78, 5) is 44.7. The maximum absolute atomic E-state index is 12.5. The van der Waals surface area contributed by atoms with Crippen LogP contribution in [0.25, 0.3) is 11.2 Å². The van der Waals surface area contributed by atoms with E-state index in [9.17, 15) is 29.4 Å². The van der Waals surface area contributed by atoms with Crippen molar-refractivity contribution in [2.24, 2.45) is 0 Å². The maximum Gasteiger partial charge on any atom is 0.363 e. The van der Waals surface area contributed by atoms with E-state index in [1.807, 2.05) is 0 Å². The molecule has 1 fully saturated rings. The largest absolute Gasteiger partial charge is 0.387 e. The number of carbonyl (C=O) groups is 1. The first-order valence-electron chi connectivity index (χ1n) is 9.62. The molecule has 3 rings (SSSR count). The molecule has 2 aromatic rings. The van der Waals surface area contributed by atoms with E-state index in [1.165, 1.54) is 15.8 Å². The molecule has 2 aromatic heterocycles. The number of carbonyl (C=O) groups excluding carboxylic acids is 1. The first-order chi connectivity index (χ1) is 15.0. The second-order valence-electron chi connectivity index (χ2n) is 7.03. The standard InChI is InChI=1S/C16H24ClN6O8P/c1-3-22(4-2)13(26)15(32(27,28)29)30-5-7-9(24)10(25)14(31-7)23-6-19-8-11(18)20-16(17)21-12(8)23/h6-7,9-10,14-15,24-25H,3-5H2,1-2H3,(H2,18,20,21)(H2,27,28,29)/t7-,9-,10-,14-,15+/m1/s1. The van der Waals surface area contributed by atoms with E-state index in [2.05, 4.69) is 15.0 Å². The van der Waals surface area contributed by atoms with E-state index < -0.39 is 50.5 Å². The predicted octanol–water partition coefficient (Wildman–Crippen LogP) is -0.930. The van der Waals surface area contributed by atoms with E-state index in [-0.39, 0.29) is 35.4 Å². The number of aliphatic hydroxyl groups excluding tert-OH is 2. The normalized spacial score (nSPS) is 24.7. The summed E-state index contributed by atoms with van der Waals surface area (Å²) in [7, 11) is -4.98. The van der Waals surface area contributed by atoms with Gasteiger partial charge in [-0.25, -0.2) is 4.98 Å². The van der Waals surface area contributed by atoms with Crippen LogP contribution in [-0.2, 0) is 18.8 Å². The first kappa shape index (κ1) is 24.7. The fraction of sp³-hybridized carbons (Fsp3) is 0.625. The van der Waals surface area contributed by atoms with Gasteiger partial charge < -0.3 is 40.1 Å². The number of aromatic nitrogens is 4. The minimum atomic E-state index is -4.98. The minimum Gasteiger partial charge on any atom is -0.387 e. The highest BCUT2D eigenvalue weighted by atomic mass is 35.5. The Labute approximate surface area is 187 Å². The molecule has 178 valence electrons. The Hall–Kier alpha value is -1.90. The third-order valence-electron chi connectivity index (χ3n) is 5.04. The van der Waals surface area contributed by atoms with E-state index in [4.69, 9.17) is 26.8 Å². The number of rotatable bonds is 8. The summed E-state index contributed by atoms with van der Waals surface area (Å²) in [5.74, 6) is -2.96. The molecule has 0 bridgehead atoms. The van der Waals surface area contributed by atoms with Gasteiger partial charge in [-0.15, -0.1) is 0 Å². The maximum atomic E-state index is 12.5. The number of halogens is 1. The van der Waals surface area contributed by atoms with Crippen molar-refractivity contribution in [1.29, 1.82) is 0 Å². The monoisotopic (exact) mass is 494 g/mol. The molecular weight excluding hydrogens is 471 g/mol. The van der Waals surface area contributed by atoms with Gasteiger partial charge in [-0.1, -0.05) is 0 Å². The number of ether oxygens (including phenoxy) is 2. The smallest absolute Gasteiger partial charge is 0.363 e. The SMILES string of the molecule is CCN(CC)C(=O)[C@@H](OC[C@H]1O[C@@H](n2cnc3c(N)nc(Cl)nc32)[C@H](O)[C@@H]1O)P(=O)(O)O. The zero-order valence-electron chi connectivity index (χ0n) is 17.1. The Morgan fingerprint density at radius 1 is 1.34 bits per heavy atom. The predicted molar refractivity (Wildman–Crippen MR) is 110 cm³/mol. The number of aliphatic hydroxyl groups is 2. The molecule has 0 radical (unpaired) electrons. The van der Waals surface area contributed by atoms with Crippen LogP contribution in [0.3, 0.4) is 0 Å². The molecule has 0 unspecified atom stereocenters. The highest BCUT2D eigenvalue weighted by molar-refractivity contribution is 7.53. The number of anilines is 1. The number of hydrogen-bond donors (Lipinski definition) is 5. The van der Waals surface area contributed by atoms with Crippen molar-refractivity contribution in [2.75, 3.05) is 25.4 Å². The summed E-state index contributed by atoms with van der Waals surface area (Å²) in [5, 5.41) is 20.7. The number of likely N-dealkylation sites (N-methyl/N-ethyl adjacent to an activating group) is 1. The first-order valence-corrected chi connectivity index (χ1v) is 11.7. The average Bonchev–Trinajstić information content (AvgIpc) is 3.24. The third-order valence-corrected chi connectivity index (χ3v) is 6.19. The quantitative estimate of drug-likeness (QED) is 0.223. The molecule has 14 nitrogen and oxygen atoms in total. The van der Waals surface area contributed by atoms with Gasteiger partial charge in [0.1, 0.15) is 23.8 Å². The van der Waals surface area contributed by atoms with Crippen LogP contribution in [0.15, 0.2) is 6.33 Å². The Kier molecular flexibility index (Phi) is 7.37. The Morgan fingerprint density at radius 2 is 2.00 bits per heavy atom. The molecule has 0 aromatic carbocycles. The lowest BCUT2D eigenvalue weighted by Crippen LogP contribution is -2.42. The van der Waals surface area contributed by atoms with Crippen molar-refractivity contribution < 1.29 is 38.8 Å². The van der Waals surface area contributed by atoms with Crippen molar-refractivity contribution in [3.8, 4) is 0 Å². The van der Waals surface area contributed by atoms with Crippen molar-refractivity contribution in [1.82, 2.24) is 24.4 Å². The Bertz CT molecular complexity index is 1030. The molecular formula is C16H24ClN6O8P. The molecule has 3 heterocycles. The third kappa shape index (κ3) is 4.72. The number of nitrogens with zero attached hydrogens (tertiary/aromatic N) is 5. The van der Waals surface area contributed by atoms with Crippen molar-refractivity contribution in [3.05, 3.63) is 11.6 Å². The van der Waals surface area contributed by atoms with Crippen molar-refractivity contribution in [2.45, 2.75) is 44.2 Å². The summed E-state index contributed by atoms with van der Waals surface area (Å²) in [6, 6.07) is 0. The van der Waals surface area contributed by atoms with Crippen LogP contribution >= 0.6 is 19.2 Å². The molecule has 0 saturated carbocycles. The summed E-state index contributed by atoms with van der Waals surface area (Å²) in [5.41, 5.74) is 6.11. The topological polar surface area (TPSA) is 206 Å². The number of imidazole rings is 1. The van der Waals surface area contributed by atoms with Gasteiger partial charge in [0.2, 0.25) is 11.1 Å². The number of nitrogens with two attached hydrogens (primary N) is 1. The zero-order valence-corrected chi connectivity index (χ0v) is 18.8. The molecule has 1 amide bonds. The van der Waals surface area contributed by atoms with Gasteiger partial charge >= 0.3 is 7.60 Å². The van der Waals surface area contributed by atoms with Gasteiger partial charge in [-0.2, -0.15) is 9.97 Å². The number of amides is 1. The lowest BCUT2D eigenvalue weighted by molar-refractivity contribution is -0.142. The van der Waals surface area contributed by atoms with E-state index in [0.29, 0.717) is 0 Å². The van der Waals surface area contributed by atoms with Gasteiger partial charge in [0.15, 0.2) is 17.7 Å². The van der Waals surface area contributed by atoms with Crippen LogP contribution in [-0.4, -0.2) is 94.2 Å². The number of hydrogen-bond acceptors (Lipinski definition) is 10. The number of fused-ring (bicyclic) bond motifs is 1. The van der Waals surface area contributed by atoms with Crippen LogP contribution in [0.5, 0.6) is 0 Å². The van der Waals surface area contributed by atoms with Crippen LogP contribution in [0.1, 0.15) is 20.1 Å². The molecule has 6 N–H and O–H groups in total. The second kappa shape index (κ2) is 9.53. The van der Waals surface area contributed by atoms with E-state index >= 15 is 0 Å². The van der Waals surface area contributed by atoms with Gasteiger partial charge in [0, 0.05) is 13.1 Å². The highest BCUT2D eigenvalue weighted by Gasteiger charge is 2.46. The summed E-state index contributed by atoms with van der Waals surface area (Å²) in [6.45, 7) is 3.17. The zero-order chi connectivity index (χ0) is 23.8. The molecule has 1 aliphatic rings. The molecule has 1 saturated heterocycles. The van der Waals surface area contributed by atoms with Gasteiger partial charge in [0.05, 0.1) is 12.9 Å². The highest BCUT2D eigenvalue weighted by Crippen LogP contribution is 2.43. The number of nitrogen functional groups attached to an aromatic ring is 1. The molecule has 1 aliphatic heterocycles. The summed E-state index contributed by atoms with van der Waals surface area (Å²) >= 11 is 5.83. The molecule has 32 heavy (non-hydrogen) atoms. The van der Waals surface area contributed by atoms with E-state index in [0.717, 1.165) is 0 Å². The lowest BCUT2D eigenvalue weighted by atomic mass is 10.1. The molecule has 5 atom stereocenters. The van der Waals surface area contributed by atoms with Gasteiger partial charge in [0.25, 0.3) is 5.91 Å². The van der Waals surface area contributed by atoms with E-state index in [1.54, 1.807) is 13.8 Å². The van der Waals surface area contributed by atoms with Crippen molar-refractivity contribution >= 4 is 42.1 Å². The van der Waals surface area contributed by atoms with Crippen LogP contribution in [0.2, 0.25) is 5.28 Å².